The quantitative estimate of drug-likeness (QED) is 0.813. The van der Waals surface area contributed by atoms with Gasteiger partial charge in [0, 0.05) is 19.3 Å². The first kappa shape index (κ1) is 16.1. The largest absolute Gasteiger partial charge is 0.369 e. The second-order valence-corrected chi connectivity index (χ2v) is 5.67. The van der Waals surface area contributed by atoms with Crippen LogP contribution in [0.3, 0.4) is 0 Å². The van der Waals surface area contributed by atoms with E-state index in [2.05, 4.69) is 28.8 Å². The highest BCUT2D eigenvalue weighted by Gasteiger charge is 2.10. The molecule has 1 rings (SSSR count). The Balaban J connectivity index is 2.60. The Morgan fingerprint density at radius 2 is 2.32 bits per heavy atom. The SMILES string of the molecule is CCNc1ncc(C(=O)NCC(C)CSC)cc1Cl. The first-order valence-electron chi connectivity index (χ1n) is 6.25. The summed E-state index contributed by atoms with van der Waals surface area (Å²) < 4.78 is 0. The standard InChI is InChI=1S/C13H20ClN3OS/c1-4-15-12-11(14)5-10(7-16-12)13(18)17-6-9(2)8-19-3/h5,7,9H,4,6,8H2,1-3H3,(H,15,16)(H,17,18). The van der Waals surface area contributed by atoms with Crippen LogP contribution in [0.5, 0.6) is 0 Å². The van der Waals surface area contributed by atoms with E-state index in [-0.39, 0.29) is 5.91 Å². The number of carbonyl (C=O) groups is 1. The summed E-state index contributed by atoms with van der Waals surface area (Å²) in [5.74, 6) is 1.95. The number of halogens is 1. The molecule has 2 N–H and O–H groups in total. The van der Waals surface area contributed by atoms with Crippen molar-refractivity contribution >= 4 is 35.1 Å². The van der Waals surface area contributed by atoms with Crippen molar-refractivity contribution in [2.24, 2.45) is 5.92 Å². The van der Waals surface area contributed by atoms with Crippen LogP contribution in [0.15, 0.2) is 12.3 Å². The fourth-order valence-electron chi connectivity index (χ4n) is 1.57. The van der Waals surface area contributed by atoms with Crippen LogP contribution in [0, 0.1) is 5.92 Å². The summed E-state index contributed by atoms with van der Waals surface area (Å²) in [4.78, 5) is 16.1. The van der Waals surface area contributed by atoms with Gasteiger partial charge in [0.25, 0.3) is 5.91 Å². The van der Waals surface area contributed by atoms with Crippen LogP contribution in [0.1, 0.15) is 24.2 Å². The first-order valence-corrected chi connectivity index (χ1v) is 8.02. The van der Waals surface area contributed by atoms with Gasteiger partial charge in [0.15, 0.2) is 0 Å². The first-order chi connectivity index (χ1) is 9.08. The molecule has 0 saturated heterocycles. The molecule has 1 aromatic rings. The lowest BCUT2D eigenvalue weighted by molar-refractivity contribution is 0.0949. The number of rotatable bonds is 7. The van der Waals surface area contributed by atoms with Crippen LogP contribution >= 0.6 is 23.4 Å². The second kappa shape index (κ2) is 8.27. The van der Waals surface area contributed by atoms with Gasteiger partial charge in [-0.05, 0) is 30.9 Å². The van der Waals surface area contributed by atoms with Crippen LogP contribution in [0.25, 0.3) is 0 Å². The van der Waals surface area contributed by atoms with Crippen molar-refractivity contribution in [2.75, 3.05) is 30.4 Å². The third kappa shape index (κ3) is 5.28. The van der Waals surface area contributed by atoms with Crippen molar-refractivity contribution in [2.45, 2.75) is 13.8 Å². The van der Waals surface area contributed by atoms with Gasteiger partial charge < -0.3 is 10.6 Å². The van der Waals surface area contributed by atoms with Gasteiger partial charge in [-0.15, -0.1) is 0 Å². The number of carbonyl (C=O) groups excluding carboxylic acids is 1. The second-order valence-electron chi connectivity index (χ2n) is 4.36. The molecule has 0 aliphatic rings. The summed E-state index contributed by atoms with van der Waals surface area (Å²) in [6.07, 6.45) is 3.60. The highest BCUT2D eigenvalue weighted by Crippen LogP contribution is 2.19. The number of hydrogen-bond acceptors (Lipinski definition) is 4. The number of aromatic nitrogens is 1. The number of pyridine rings is 1. The number of thioether (sulfide) groups is 1. The van der Waals surface area contributed by atoms with Crippen LogP contribution < -0.4 is 10.6 Å². The zero-order valence-electron chi connectivity index (χ0n) is 11.5. The summed E-state index contributed by atoms with van der Waals surface area (Å²) in [6, 6.07) is 1.64. The molecular weight excluding hydrogens is 282 g/mol. The fraction of sp³-hybridized carbons (Fsp3) is 0.538. The molecule has 1 amide bonds. The summed E-state index contributed by atoms with van der Waals surface area (Å²) in [5, 5.41) is 6.39. The third-order valence-corrected chi connectivity index (χ3v) is 3.70. The number of anilines is 1. The molecule has 6 heteroatoms. The molecule has 0 aromatic carbocycles. The molecule has 1 aromatic heterocycles. The van der Waals surface area contributed by atoms with Crippen molar-refractivity contribution in [3.63, 3.8) is 0 Å². The summed E-state index contributed by atoms with van der Waals surface area (Å²) >= 11 is 7.83. The predicted molar refractivity (Wildman–Crippen MR) is 83.3 cm³/mol. The highest BCUT2D eigenvalue weighted by atomic mass is 35.5. The van der Waals surface area contributed by atoms with E-state index in [1.165, 1.54) is 0 Å². The van der Waals surface area contributed by atoms with E-state index in [1.807, 2.05) is 6.92 Å². The molecule has 0 spiro atoms. The van der Waals surface area contributed by atoms with Gasteiger partial charge in [-0.1, -0.05) is 18.5 Å². The van der Waals surface area contributed by atoms with Crippen LogP contribution in [-0.4, -0.2) is 36.0 Å². The molecule has 0 aliphatic carbocycles. The van der Waals surface area contributed by atoms with E-state index < -0.39 is 0 Å². The minimum Gasteiger partial charge on any atom is -0.369 e. The topological polar surface area (TPSA) is 54.0 Å². The lowest BCUT2D eigenvalue weighted by Gasteiger charge is -2.12. The lowest BCUT2D eigenvalue weighted by atomic mass is 10.2. The van der Waals surface area contributed by atoms with Gasteiger partial charge in [0.2, 0.25) is 0 Å². The Labute approximate surface area is 123 Å². The zero-order valence-corrected chi connectivity index (χ0v) is 13.1. The molecule has 1 unspecified atom stereocenters. The normalized spacial score (nSPS) is 12.0. The van der Waals surface area contributed by atoms with Crippen molar-refractivity contribution in [3.8, 4) is 0 Å². The molecule has 0 radical (unpaired) electrons. The van der Waals surface area contributed by atoms with Crippen molar-refractivity contribution in [3.05, 3.63) is 22.8 Å². The van der Waals surface area contributed by atoms with Gasteiger partial charge in [0.05, 0.1) is 10.6 Å². The molecule has 1 atom stereocenters. The summed E-state index contributed by atoms with van der Waals surface area (Å²) in [5.41, 5.74) is 0.489. The van der Waals surface area contributed by atoms with Crippen LogP contribution in [0.2, 0.25) is 5.02 Å². The Bertz CT molecular complexity index is 428. The molecule has 0 aliphatic heterocycles. The molecular formula is C13H20ClN3OS. The highest BCUT2D eigenvalue weighted by molar-refractivity contribution is 7.98. The van der Waals surface area contributed by atoms with Crippen LogP contribution in [-0.2, 0) is 0 Å². The number of amides is 1. The van der Waals surface area contributed by atoms with Crippen molar-refractivity contribution in [1.29, 1.82) is 0 Å². The van der Waals surface area contributed by atoms with Gasteiger partial charge in [0.1, 0.15) is 5.82 Å². The average Bonchev–Trinajstić information content (AvgIpc) is 2.39. The van der Waals surface area contributed by atoms with E-state index >= 15 is 0 Å². The summed E-state index contributed by atoms with van der Waals surface area (Å²) in [6.45, 7) is 5.47. The minimum atomic E-state index is -0.134. The van der Waals surface area contributed by atoms with Gasteiger partial charge in [-0.3, -0.25) is 4.79 Å². The zero-order chi connectivity index (χ0) is 14.3. The monoisotopic (exact) mass is 301 g/mol. The average molecular weight is 302 g/mol. The van der Waals surface area contributed by atoms with E-state index in [1.54, 1.807) is 24.0 Å². The molecule has 0 bridgehead atoms. The van der Waals surface area contributed by atoms with Crippen molar-refractivity contribution < 1.29 is 4.79 Å². The molecule has 0 saturated carbocycles. The number of nitrogens with one attached hydrogen (secondary N) is 2. The molecule has 4 nitrogen and oxygen atoms in total. The van der Waals surface area contributed by atoms with Gasteiger partial charge in [-0.2, -0.15) is 11.8 Å². The Morgan fingerprint density at radius 3 is 2.89 bits per heavy atom. The maximum Gasteiger partial charge on any atom is 0.252 e. The van der Waals surface area contributed by atoms with Gasteiger partial charge in [-0.25, -0.2) is 4.98 Å². The maximum atomic E-state index is 11.9. The smallest absolute Gasteiger partial charge is 0.252 e. The number of nitrogens with zero attached hydrogens (tertiary/aromatic N) is 1. The van der Waals surface area contributed by atoms with Crippen molar-refractivity contribution in [1.82, 2.24) is 10.3 Å². The van der Waals surface area contributed by atoms with Crippen LogP contribution in [0.4, 0.5) is 5.82 Å². The molecule has 106 valence electrons. The lowest BCUT2D eigenvalue weighted by Crippen LogP contribution is -2.29. The van der Waals surface area contributed by atoms with E-state index in [0.717, 1.165) is 12.3 Å². The Hall–Kier alpha value is -0.940. The summed E-state index contributed by atoms with van der Waals surface area (Å²) in [7, 11) is 0. The van der Waals surface area contributed by atoms with E-state index in [0.29, 0.717) is 28.9 Å². The Kier molecular flexibility index (Phi) is 7.02. The maximum absolute atomic E-state index is 11.9. The predicted octanol–water partition coefficient (Wildman–Crippen LogP) is 2.90. The van der Waals surface area contributed by atoms with Gasteiger partial charge >= 0.3 is 0 Å². The molecule has 1 heterocycles. The fourth-order valence-corrected chi connectivity index (χ4v) is 2.49. The molecule has 19 heavy (non-hydrogen) atoms. The van der Waals surface area contributed by atoms with E-state index in [9.17, 15) is 4.79 Å². The molecule has 0 fully saturated rings. The minimum absolute atomic E-state index is 0.134. The Morgan fingerprint density at radius 1 is 1.58 bits per heavy atom. The number of hydrogen-bond donors (Lipinski definition) is 2. The van der Waals surface area contributed by atoms with E-state index in [4.69, 9.17) is 11.6 Å². The third-order valence-electron chi connectivity index (χ3n) is 2.51.